The summed E-state index contributed by atoms with van der Waals surface area (Å²) in [5, 5.41) is 3.20. The maximum absolute atomic E-state index is 13.1. The molecule has 2 aromatic rings. The van der Waals surface area contributed by atoms with E-state index in [-0.39, 0.29) is 26.8 Å². The Morgan fingerprint density at radius 2 is 1.79 bits per heavy atom. The van der Waals surface area contributed by atoms with E-state index in [0.717, 1.165) is 12.1 Å². The number of nitrogens with zero attached hydrogens (tertiary/aromatic N) is 2. The summed E-state index contributed by atoms with van der Waals surface area (Å²) < 4.78 is 18.2. The zero-order chi connectivity index (χ0) is 14.0. The van der Waals surface area contributed by atoms with Gasteiger partial charge in [-0.15, -0.1) is 0 Å². The van der Waals surface area contributed by atoms with Gasteiger partial charge in [0, 0.05) is 0 Å². The van der Waals surface area contributed by atoms with Gasteiger partial charge in [-0.05, 0) is 12.1 Å². The van der Waals surface area contributed by atoms with E-state index in [1.54, 1.807) is 0 Å². The number of halogens is 4. The lowest BCUT2D eigenvalue weighted by Gasteiger charge is -2.13. The molecule has 8 heteroatoms. The summed E-state index contributed by atoms with van der Waals surface area (Å²) in [6.45, 7) is 0. The zero-order valence-corrected chi connectivity index (χ0v) is 11.8. The van der Waals surface area contributed by atoms with Gasteiger partial charge in [0.05, 0.1) is 22.8 Å². The molecule has 0 spiro atoms. The highest BCUT2D eigenvalue weighted by atomic mass is 35.5. The van der Waals surface area contributed by atoms with Crippen LogP contribution in [0.5, 0.6) is 5.75 Å². The molecule has 0 aliphatic carbocycles. The highest BCUT2D eigenvalue weighted by Gasteiger charge is 2.14. The molecule has 0 atom stereocenters. The van der Waals surface area contributed by atoms with E-state index in [2.05, 4.69) is 15.3 Å². The van der Waals surface area contributed by atoms with Gasteiger partial charge in [-0.25, -0.2) is 14.4 Å². The SMILES string of the molecule is COc1c(Cl)ncnc1Nc1c(Cl)cc(F)cc1Cl. The Labute approximate surface area is 123 Å². The molecule has 1 aromatic heterocycles. The van der Waals surface area contributed by atoms with Crippen LogP contribution in [-0.2, 0) is 0 Å². The number of benzene rings is 1. The monoisotopic (exact) mass is 321 g/mol. The molecule has 1 N–H and O–H groups in total. The van der Waals surface area contributed by atoms with Gasteiger partial charge in [-0.1, -0.05) is 34.8 Å². The minimum atomic E-state index is -0.534. The van der Waals surface area contributed by atoms with E-state index in [0.29, 0.717) is 5.69 Å². The van der Waals surface area contributed by atoms with Crippen molar-refractivity contribution in [2.75, 3.05) is 12.4 Å². The molecule has 0 saturated carbocycles. The van der Waals surface area contributed by atoms with Gasteiger partial charge in [0.1, 0.15) is 12.1 Å². The van der Waals surface area contributed by atoms with E-state index >= 15 is 0 Å². The average molecular weight is 323 g/mol. The number of aromatic nitrogens is 2. The molecular formula is C11H7Cl3FN3O. The minimum Gasteiger partial charge on any atom is -0.490 e. The van der Waals surface area contributed by atoms with Gasteiger partial charge in [-0.3, -0.25) is 0 Å². The first-order valence-electron chi connectivity index (χ1n) is 4.99. The normalized spacial score (nSPS) is 10.4. The van der Waals surface area contributed by atoms with Crippen LogP contribution in [0.2, 0.25) is 15.2 Å². The first-order valence-corrected chi connectivity index (χ1v) is 6.12. The molecule has 0 unspecified atom stereocenters. The first-order chi connectivity index (χ1) is 9.02. The van der Waals surface area contributed by atoms with Gasteiger partial charge < -0.3 is 10.1 Å². The molecule has 0 saturated heterocycles. The zero-order valence-electron chi connectivity index (χ0n) is 9.55. The molecule has 0 radical (unpaired) electrons. The maximum Gasteiger partial charge on any atom is 0.199 e. The van der Waals surface area contributed by atoms with Gasteiger partial charge in [0.15, 0.2) is 16.7 Å². The molecule has 4 nitrogen and oxygen atoms in total. The fourth-order valence-corrected chi connectivity index (χ4v) is 2.17. The molecule has 0 amide bonds. The van der Waals surface area contributed by atoms with Crippen LogP contribution in [-0.4, -0.2) is 17.1 Å². The third-order valence-corrected chi connectivity index (χ3v) is 3.08. The van der Waals surface area contributed by atoms with Crippen molar-refractivity contribution < 1.29 is 9.13 Å². The fourth-order valence-electron chi connectivity index (χ4n) is 1.40. The van der Waals surface area contributed by atoms with Crippen LogP contribution in [0, 0.1) is 5.82 Å². The van der Waals surface area contributed by atoms with E-state index in [9.17, 15) is 4.39 Å². The summed E-state index contributed by atoms with van der Waals surface area (Å²) in [6.07, 6.45) is 1.25. The van der Waals surface area contributed by atoms with Crippen LogP contribution in [0.25, 0.3) is 0 Å². The van der Waals surface area contributed by atoms with Crippen LogP contribution < -0.4 is 10.1 Å². The number of nitrogens with one attached hydrogen (secondary N) is 1. The third kappa shape index (κ3) is 3.00. The molecule has 0 aliphatic rings. The topological polar surface area (TPSA) is 47.0 Å². The molecule has 0 bridgehead atoms. The number of hydrogen-bond donors (Lipinski definition) is 1. The molecule has 0 aliphatic heterocycles. The largest absolute Gasteiger partial charge is 0.490 e. The van der Waals surface area contributed by atoms with Crippen molar-refractivity contribution in [3.8, 4) is 5.75 Å². The van der Waals surface area contributed by atoms with Crippen molar-refractivity contribution in [3.63, 3.8) is 0 Å². The standard InChI is InChI=1S/C11H7Cl3FN3O/c1-19-9-10(14)16-4-17-11(9)18-8-6(12)2-5(15)3-7(8)13/h2-4H,1H3,(H,16,17,18). The molecule has 19 heavy (non-hydrogen) atoms. The number of methoxy groups -OCH3 is 1. The third-order valence-electron chi connectivity index (χ3n) is 2.21. The summed E-state index contributed by atoms with van der Waals surface area (Å²) in [5.41, 5.74) is 0.304. The lowest BCUT2D eigenvalue weighted by atomic mass is 10.3. The molecule has 100 valence electrons. The molecule has 2 rings (SSSR count). The Balaban J connectivity index is 2.45. The van der Waals surface area contributed by atoms with Gasteiger partial charge >= 0.3 is 0 Å². The van der Waals surface area contributed by atoms with Crippen molar-refractivity contribution in [3.05, 3.63) is 39.5 Å². The Bertz CT molecular complexity index is 601. The van der Waals surface area contributed by atoms with Crippen molar-refractivity contribution >= 4 is 46.3 Å². The highest BCUT2D eigenvalue weighted by molar-refractivity contribution is 6.39. The van der Waals surface area contributed by atoms with Gasteiger partial charge in [-0.2, -0.15) is 0 Å². The number of ether oxygens (including phenoxy) is 1. The van der Waals surface area contributed by atoms with Crippen LogP contribution in [0.1, 0.15) is 0 Å². The van der Waals surface area contributed by atoms with Crippen LogP contribution in [0.3, 0.4) is 0 Å². The van der Waals surface area contributed by atoms with Crippen molar-refractivity contribution in [1.82, 2.24) is 9.97 Å². The Morgan fingerprint density at radius 3 is 2.37 bits per heavy atom. The molecule has 1 aromatic carbocycles. The second-order valence-electron chi connectivity index (χ2n) is 3.42. The molecule has 0 fully saturated rings. The van der Waals surface area contributed by atoms with Crippen LogP contribution >= 0.6 is 34.8 Å². The maximum atomic E-state index is 13.1. The smallest absolute Gasteiger partial charge is 0.199 e. The Morgan fingerprint density at radius 1 is 1.16 bits per heavy atom. The lowest BCUT2D eigenvalue weighted by molar-refractivity contribution is 0.413. The van der Waals surface area contributed by atoms with E-state index in [1.807, 2.05) is 0 Å². The summed E-state index contributed by atoms with van der Waals surface area (Å²) in [7, 11) is 1.42. The van der Waals surface area contributed by atoms with Gasteiger partial charge in [0.25, 0.3) is 0 Å². The second kappa shape index (κ2) is 5.77. The van der Waals surface area contributed by atoms with Crippen LogP contribution in [0.4, 0.5) is 15.9 Å². The number of rotatable bonds is 3. The minimum absolute atomic E-state index is 0.113. The lowest BCUT2D eigenvalue weighted by Crippen LogP contribution is -2.00. The van der Waals surface area contributed by atoms with Gasteiger partial charge in [0.2, 0.25) is 0 Å². The van der Waals surface area contributed by atoms with Crippen molar-refractivity contribution in [2.24, 2.45) is 0 Å². The summed E-state index contributed by atoms with van der Waals surface area (Å²) in [5.74, 6) is -0.0215. The predicted octanol–water partition coefficient (Wildman–Crippen LogP) is 4.33. The number of hydrogen-bond acceptors (Lipinski definition) is 4. The second-order valence-corrected chi connectivity index (χ2v) is 4.59. The van der Waals surface area contributed by atoms with E-state index < -0.39 is 5.82 Å². The Hall–Kier alpha value is -1.30. The highest BCUT2D eigenvalue weighted by Crippen LogP contribution is 2.37. The predicted molar refractivity (Wildman–Crippen MR) is 73.3 cm³/mol. The fraction of sp³-hybridized carbons (Fsp3) is 0.0909. The average Bonchev–Trinajstić information content (AvgIpc) is 2.34. The first kappa shape index (κ1) is 14.1. The van der Waals surface area contributed by atoms with Crippen LogP contribution in [0.15, 0.2) is 18.5 Å². The molecule has 1 heterocycles. The summed E-state index contributed by atoms with van der Waals surface area (Å²) in [6, 6.07) is 2.26. The Kier molecular flexibility index (Phi) is 4.29. The summed E-state index contributed by atoms with van der Waals surface area (Å²) >= 11 is 17.7. The quantitative estimate of drug-likeness (QED) is 0.855. The van der Waals surface area contributed by atoms with Crippen molar-refractivity contribution in [2.45, 2.75) is 0 Å². The summed E-state index contributed by atoms with van der Waals surface area (Å²) in [4.78, 5) is 7.74. The van der Waals surface area contributed by atoms with E-state index in [4.69, 9.17) is 39.5 Å². The molecular weight excluding hydrogens is 315 g/mol. The number of anilines is 2. The van der Waals surface area contributed by atoms with Crippen molar-refractivity contribution in [1.29, 1.82) is 0 Å². The van der Waals surface area contributed by atoms with E-state index in [1.165, 1.54) is 13.4 Å².